The Labute approximate surface area is 123 Å². The molecule has 1 unspecified atom stereocenters. The normalized spacial score (nSPS) is 18.7. The first-order valence-corrected chi connectivity index (χ1v) is 7.09. The first kappa shape index (κ1) is 15.5. The van der Waals surface area contributed by atoms with Crippen LogP contribution in [0.2, 0.25) is 0 Å². The second kappa shape index (κ2) is 6.26. The van der Waals surface area contributed by atoms with Crippen LogP contribution in [0.1, 0.15) is 17.4 Å². The van der Waals surface area contributed by atoms with Gasteiger partial charge in [0.15, 0.2) is 0 Å². The summed E-state index contributed by atoms with van der Waals surface area (Å²) in [6.07, 6.45) is -4.57. The number of thioether (sulfide) groups is 1. The molecule has 1 fully saturated rings. The number of nitrogens with zero attached hydrogens (tertiary/aromatic N) is 2. The van der Waals surface area contributed by atoms with E-state index in [4.69, 9.17) is 5.26 Å². The van der Waals surface area contributed by atoms with Gasteiger partial charge in [0.2, 0.25) is 5.91 Å². The van der Waals surface area contributed by atoms with Crippen LogP contribution in [0.4, 0.5) is 13.2 Å². The Balaban J connectivity index is 2.19. The molecule has 4 nitrogen and oxygen atoms in total. The molecular formula is C13H11F3N2O2S. The number of hydrogen-bond acceptors (Lipinski definition) is 4. The number of carbonyl (C=O) groups excluding carboxylic acids is 1. The Morgan fingerprint density at radius 2 is 2.24 bits per heavy atom. The average molecular weight is 316 g/mol. The van der Waals surface area contributed by atoms with Crippen molar-refractivity contribution in [2.45, 2.75) is 18.2 Å². The molecule has 0 bridgehead atoms. The fourth-order valence-corrected chi connectivity index (χ4v) is 3.22. The third-order valence-corrected chi connectivity index (χ3v) is 4.07. The molecule has 1 aliphatic rings. The van der Waals surface area contributed by atoms with Gasteiger partial charge in [-0.2, -0.15) is 5.26 Å². The topological polar surface area (TPSA) is 53.3 Å². The summed E-state index contributed by atoms with van der Waals surface area (Å²) < 4.78 is 40.6. The lowest BCUT2D eigenvalue weighted by molar-refractivity contribution is -0.274. The van der Waals surface area contributed by atoms with Gasteiger partial charge in [0.1, 0.15) is 11.1 Å². The van der Waals surface area contributed by atoms with Crippen molar-refractivity contribution in [3.05, 3.63) is 29.8 Å². The highest BCUT2D eigenvalue weighted by Crippen LogP contribution is 2.39. The van der Waals surface area contributed by atoms with Crippen LogP contribution in [0.5, 0.6) is 5.75 Å². The van der Waals surface area contributed by atoms with Crippen LogP contribution in [0, 0.1) is 11.3 Å². The van der Waals surface area contributed by atoms with Crippen LogP contribution in [-0.2, 0) is 4.79 Å². The third-order valence-electron chi connectivity index (χ3n) is 2.81. The van der Waals surface area contributed by atoms with E-state index >= 15 is 0 Å². The van der Waals surface area contributed by atoms with Crippen molar-refractivity contribution in [1.29, 1.82) is 5.26 Å². The minimum absolute atomic E-state index is 0.123. The van der Waals surface area contributed by atoms with Gasteiger partial charge < -0.3 is 9.64 Å². The Morgan fingerprint density at radius 3 is 2.90 bits per heavy atom. The van der Waals surface area contributed by atoms with E-state index in [0.717, 1.165) is 0 Å². The second-order valence-electron chi connectivity index (χ2n) is 4.28. The predicted molar refractivity (Wildman–Crippen MR) is 70.3 cm³/mol. The van der Waals surface area contributed by atoms with Gasteiger partial charge in [-0.25, -0.2) is 0 Å². The Hall–Kier alpha value is -1.88. The Kier molecular flexibility index (Phi) is 4.63. The fourth-order valence-electron chi connectivity index (χ4n) is 2.01. The van der Waals surface area contributed by atoms with Crippen molar-refractivity contribution in [3.63, 3.8) is 0 Å². The van der Waals surface area contributed by atoms with Gasteiger partial charge in [-0.05, 0) is 17.7 Å². The van der Waals surface area contributed by atoms with Crippen molar-refractivity contribution in [2.75, 3.05) is 12.3 Å². The molecule has 1 aliphatic heterocycles. The van der Waals surface area contributed by atoms with E-state index in [-0.39, 0.29) is 35.7 Å². The largest absolute Gasteiger partial charge is 0.573 e. The number of rotatable bonds is 4. The molecule has 0 N–H and O–H groups in total. The van der Waals surface area contributed by atoms with Crippen molar-refractivity contribution in [3.8, 4) is 11.8 Å². The highest BCUT2D eigenvalue weighted by molar-refractivity contribution is 8.00. The zero-order valence-corrected chi connectivity index (χ0v) is 11.6. The van der Waals surface area contributed by atoms with Gasteiger partial charge >= 0.3 is 6.36 Å². The highest BCUT2D eigenvalue weighted by Gasteiger charge is 2.34. The van der Waals surface area contributed by atoms with Gasteiger partial charge in [0.25, 0.3) is 0 Å². The van der Waals surface area contributed by atoms with Gasteiger partial charge in [-0.3, -0.25) is 4.79 Å². The number of alkyl halides is 3. The summed E-state index contributed by atoms with van der Waals surface area (Å²) in [6, 6.07) is 7.51. The monoisotopic (exact) mass is 316 g/mol. The number of nitriles is 1. The lowest BCUT2D eigenvalue weighted by Gasteiger charge is -2.23. The van der Waals surface area contributed by atoms with Crippen LogP contribution in [0.3, 0.4) is 0 Å². The van der Waals surface area contributed by atoms with Gasteiger partial charge in [-0.1, -0.05) is 12.1 Å². The maximum Gasteiger partial charge on any atom is 0.573 e. The number of hydrogen-bond donors (Lipinski definition) is 0. The lowest BCUT2D eigenvalue weighted by Crippen LogP contribution is -2.29. The van der Waals surface area contributed by atoms with Crippen LogP contribution < -0.4 is 4.74 Å². The molecule has 0 aromatic heterocycles. The van der Waals surface area contributed by atoms with Crippen molar-refractivity contribution < 1.29 is 22.7 Å². The van der Waals surface area contributed by atoms with E-state index < -0.39 is 6.36 Å². The first-order valence-electron chi connectivity index (χ1n) is 6.04. The highest BCUT2D eigenvalue weighted by atomic mass is 32.2. The molecule has 1 amide bonds. The average Bonchev–Trinajstić information content (AvgIpc) is 2.76. The SMILES string of the molecule is N#CCCN1C(=O)CSC1c1cccc(OC(F)(F)F)c1. The molecule has 1 heterocycles. The standard InChI is InChI=1S/C13H11F3N2O2S/c14-13(15,16)20-10-4-1-3-9(7-10)12-18(6-2-5-17)11(19)8-21-12/h1,3-4,7,12H,2,6,8H2. The van der Waals surface area contributed by atoms with Crippen LogP contribution >= 0.6 is 11.8 Å². The number of halogens is 3. The zero-order valence-electron chi connectivity index (χ0n) is 10.8. The summed E-state index contributed by atoms with van der Waals surface area (Å²) in [5.41, 5.74) is 0.547. The molecule has 1 aromatic rings. The quantitative estimate of drug-likeness (QED) is 0.856. The van der Waals surface area contributed by atoms with Gasteiger partial charge in [-0.15, -0.1) is 24.9 Å². The minimum atomic E-state index is -4.75. The molecule has 1 saturated heterocycles. The molecular weight excluding hydrogens is 305 g/mol. The summed E-state index contributed by atoms with van der Waals surface area (Å²) in [5, 5.41) is 8.22. The van der Waals surface area contributed by atoms with Crippen molar-refractivity contribution in [2.24, 2.45) is 0 Å². The smallest absolute Gasteiger partial charge is 0.406 e. The molecule has 0 aliphatic carbocycles. The third kappa shape index (κ3) is 4.04. The summed E-state index contributed by atoms with van der Waals surface area (Å²) in [5.74, 6) is -0.192. The Bertz CT molecular complexity index is 571. The molecule has 21 heavy (non-hydrogen) atoms. The van der Waals surface area contributed by atoms with Crippen LogP contribution in [-0.4, -0.2) is 29.5 Å². The minimum Gasteiger partial charge on any atom is -0.406 e. The number of carbonyl (C=O) groups is 1. The summed E-state index contributed by atoms with van der Waals surface area (Å²) in [7, 11) is 0. The lowest BCUT2D eigenvalue weighted by atomic mass is 10.2. The fraction of sp³-hybridized carbons (Fsp3) is 0.385. The molecule has 1 aromatic carbocycles. The van der Waals surface area contributed by atoms with Crippen molar-refractivity contribution >= 4 is 17.7 Å². The predicted octanol–water partition coefficient (Wildman–Crippen LogP) is 3.07. The van der Waals surface area contributed by atoms with Crippen LogP contribution in [0.15, 0.2) is 24.3 Å². The van der Waals surface area contributed by atoms with E-state index in [1.807, 2.05) is 6.07 Å². The van der Waals surface area contributed by atoms with E-state index in [1.165, 1.54) is 34.9 Å². The molecule has 112 valence electrons. The van der Waals surface area contributed by atoms with Crippen LogP contribution in [0.25, 0.3) is 0 Å². The zero-order chi connectivity index (χ0) is 15.5. The molecule has 0 saturated carbocycles. The molecule has 1 atom stereocenters. The van der Waals surface area contributed by atoms with E-state index in [2.05, 4.69) is 4.74 Å². The molecule has 2 rings (SSSR count). The van der Waals surface area contributed by atoms with Gasteiger partial charge in [0, 0.05) is 6.54 Å². The maximum absolute atomic E-state index is 12.2. The summed E-state index contributed by atoms with van der Waals surface area (Å²) >= 11 is 1.32. The van der Waals surface area contributed by atoms with E-state index in [1.54, 1.807) is 6.07 Å². The van der Waals surface area contributed by atoms with Gasteiger partial charge in [0.05, 0.1) is 18.2 Å². The summed E-state index contributed by atoms with van der Waals surface area (Å²) in [6.45, 7) is 0.261. The molecule has 0 radical (unpaired) electrons. The maximum atomic E-state index is 12.2. The van der Waals surface area contributed by atoms with Crippen molar-refractivity contribution in [1.82, 2.24) is 4.90 Å². The Morgan fingerprint density at radius 1 is 1.48 bits per heavy atom. The molecule has 8 heteroatoms. The first-order chi connectivity index (χ1) is 9.90. The number of benzene rings is 1. The molecule has 0 spiro atoms. The number of ether oxygens (including phenoxy) is 1. The van der Waals surface area contributed by atoms with E-state index in [0.29, 0.717) is 5.56 Å². The number of amides is 1. The van der Waals surface area contributed by atoms with E-state index in [9.17, 15) is 18.0 Å². The second-order valence-corrected chi connectivity index (χ2v) is 5.35. The summed E-state index contributed by atoms with van der Waals surface area (Å²) in [4.78, 5) is 13.3.